The van der Waals surface area contributed by atoms with Gasteiger partial charge in [0.2, 0.25) is 0 Å². The Kier molecular flexibility index (Phi) is 14.6. The normalized spacial score (nSPS) is 14.9. The van der Waals surface area contributed by atoms with Gasteiger partial charge < -0.3 is 28.4 Å². The lowest BCUT2D eigenvalue weighted by Crippen LogP contribution is -2.37. The van der Waals surface area contributed by atoms with Crippen LogP contribution in [0.4, 0.5) is 0 Å². The monoisotopic (exact) mass is 732 g/mol. The van der Waals surface area contributed by atoms with E-state index in [-0.39, 0.29) is 13.2 Å². The number of esters is 4. The van der Waals surface area contributed by atoms with Crippen molar-refractivity contribution < 1.29 is 47.6 Å². The molecule has 10 nitrogen and oxygen atoms in total. The van der Waals surface area contributed by atoms with Gasteiger partial charge in [-0.05, 0) is 96.5 Å². The third-order valence-corrected chi connectivity index (χ3v) is 8.71. The number of carbonyl (C=O) groups excluding carboxylic acids is 4. The lowest BCUT2D eigenvalue weighted by molar-refractivity contribution is -0.138. The predicted octanol–water partition coefficient (Wildman–Crippen LogP) is 8.34. The molecule has 0 spiro atoms. The van der Waals surface area contributed by atoms with Crippen LogP contribution in [-0.2, 0) is 28.5 Å². The van der Waals surface area contributed by atoms with Gasteiger partial charge in [0, 0.05) is 25.0 Å². The maximum atomic E-state index is 13.2. The third-order valence-electron chi connectivity index (χ3n) is 8.71. The fraction of sp³-hybridized carbons (Fsp3) is 0.273. The van der Waals surface area contributed by atoms with Gasteiger partial charge in [-0.25, -0.2) is 19.2 Å². The molecule has 1 aliphatic carbocycles. The van der Waals surface area contributed by atoms with Crippen LogP contribution in [0.1, 0.15) is 59.2 Å². The quantitative estimate of drug-likeness (QED) is 0.0427. The van der Waals surface area contributed by atoms with E-state index in [4.69, 9.17) is 28.4 Å². The molecule has 4 aromatic rings. The van der Waals surface area contributed by atoms with Gasteiger partial charge in [-0.1, -0.05) is 61.7 Å². The molecular weight excluding hydrogens is 688 g/mol. The van der Waals surface area contributed by atoms with E-state index in [1.807, 2.05) is 72.8 Å². The maximum Gasteiger partial charge on any atom is 0.338 e. The van der Waals surface area contributed by atoms with Crippen molar-refractivity contribution in [2.75, 3.05) is 26.4 Å². The Morgan fingerprint density at radius 1 is 0.500 bits per heavy atom. The summed E-state index contributed by atoms with van der Waals surface area (Å²) >= 11 is 0. The molecule has 2 atom stereocenters. The summed E-state index contributed by atoms with van der Waals surface area (Å²) in [4.78, 5) is 48.6. The van der Waals surface area contributed by atoms with Crippen molar-refractivity contribution in [2.45, 2.75) is 50.7 Å². The van der Waals surface area contributed by atoms with Crippen molar-refractivity contribution in [3.63, 3.8) is 0 Å². The fourth-order valence-electron chi connectivity index (χ4n) is 5.79. The third kappa shape index (κ3) is 11.7. The van der Waals surface area contributed by atoms with Crippen LogP contribution >= 0.6 is 0 Å². The Balaban J connectivity index is 1.08. The number of carbonyl (C=O) groups is 4. The molecule has 0 unspecified atom stereocenters. The summed E-state index contributed by atoms with van der Waals surface area (Å²) in [5, 5.41) is 0. The van der Waals surface area contributed by atoms with E-state index in [0.717, 1.165) is 47.2 Å². The van der Waals surface area contributed by atoms with Crippen molar-refractivity contribution in [3.05, 3.63) is 133 Å². The van der Waals surface area contributed by atoms with Gasteiger partial charge in [0.15, 0.2) is 0 Å². The molecule has 0 radical (unpaired) electrons. The Morgan fingerprint density at radius 2 is 0.833 bits per heavy atom. The van der Waals surface area contributed by atoms with Crippen LogP contribution in [0.25, 0.3) is 22.3 Å². The van der Waals surface area contributed by atoms with Gasteiger partial charge in [0.05, 0.1) is 37.6 Å². The summed E-state index contributed by atoms with van der Waals surface area (Å²) < 4.78 is 33.1. The molecule has 10 heteroatoms. The number of rotatable bonds is 18. The Bertz CT molecular complexity index is 1720. The molecule has 0 aliphatic heterocycles. The number of ether oxygens (including phenoxy) is 6. The summed E-state index contributed by atoms with van der Waals surface area (Å²) in [5.41, 5.74) is 4.58. The summed E-state index contributed by atoms with van der Waals surface area (Å²) in [6.07, 6.45) is 5.26. The molecule has 4 aromatic carbocycles. The van der Waals surface area contributed by atoms with Gasteiger partial charge in [-0.3, -0.25) is 0 Å². The number of hydrogen-bond acceptors (Lipinski definition) is 10. The zero-order valence-electron chi connectivity index (χ0n) is 30.1. The molecule has 1 aliphatic rings. The minimum Gasteiger partial charge on any atom is -0.493 e. The molecule has 280 valence electrons. The Labute approximate surface area is 315 Å². The van der Waals surface area contributed by atoms with Crippen LogP contribution in [0.15, 0.2) is 122 Å². The van der Waals surface area contributed by atoms with Crippen LogP contribution in [0.3, 0.4) is 0 Å². The van der Waals surface area contributed by atoms with Crippen molar-refractivity contribution in [2.24, 2.45) is 0 Å². The first-order valence-electron chi connectivity index (χ1n) is 18.0. The fourth-order valence-corrected chi connectivity index (χ4v) is 5.79. The highest BCUT2D eigenvalue weighted by Gasteiger charge is 2.32. The highest BCUT2D eigenvalue weighted by Crippen LogP contribution is 2.28. The van der Waals surface area contributed by atoms with E-state index < -0.39 is 36.1 Å². The first kappa shape index (κ1) is 39.1. The molecule has 0 N–H and O–H groups in total. The molecule has 1 fully saturated rings. The molecule has 54 heavy (non-hydrogen) atoms. The van der Waals surface area contributed by atoms with Gasteiger partial charge >= 0.3 is 23.9 Å². The van der Waals surface area contributed by atoms with E-state index >= 15 is 0 Å². The number of hydrogen-bond donors (Lipinski definition) is 0. The van der Waals surface area contributed by atoms with Crippen molar-refractivity contribution in [1.29, 1.82) is 0 Å². The summed E-state index contributed by atoms with van der Waals surface area (Å²) in [6.45, 7) is 8.06. The van der Waals surface area contributed by atoms with Crippen LogP contribution in [-0.4, -0.2) is 62.5 Å². The molecule has 1 saturated carbocycles. The lowest BCUT2D eigenvalue weighted by atomic mass is 9.94. The van der Waals surface area contributed by atoms with Crippen LogP contribution in [0.5, 0.6) is 11.5 Å². The van der Waals surface area contributed by atoms with Gasteiger partial charge in [-0.15, -0.1) is 0 Å². The molecule has 0 heterocycles. The SMILES string of the molecule is C=CC(=O)OCCCOc1ccc(-c2ccc(C(=O)O[C@@H]3CCCC[C@H]3OC(=O)c3ccc(-c4ccc(OCCCOC(=O)C=C)cc4)cc3)cc2)cc1. The highest BCUT2D eigenvalue weighted by atomic mass is 16.6. The zero-order valence-corrected chi connectivity index (χ0v) is 30.1. The first-order chi connectivity index (χ1) is 26.3. The highest BCUT2D eigenvalue weighted by molar-refractivity contribution is 5.91. The molecule has 0 bridgehead atoms. The van der Waals surface area contributed by atoms with Crippen LogP contribution in [0.2, 0.25) is 0 Å². The predicted molar refractivity (Wildman–Crippen MR) is 203 cm³/mol. The lowest BCUT2D eigenvalue weighted by Gasteiger charge is -2.30. The summed E-state index contributed by atoms with van der Waals surface area (Å²) in [5.74, 6) is -0.446. The zero-order chi connectivity index (χ0) is 38.1. The van der Waals surface area contributed by atoms with E-state index in [1.165, 1.54) is 0 Å². The smallest absolute Gasteiger partial charge is 0.338 e. The summed E-state index contributed by atoms with van der Waals surface area (Å²) in [6, 6.07) is 29.5. The number of benzene rings is 4. The molecular formula is C44H44O10. The minimum absolute atomic E-state index is 0.261. The average Bonchev–Trinajstić information content (AvgIpc) is 3.21. The molecule has 5 rings (SSSR count). The van der Waals surface area contributed by atoms with Crippen molar-refractivity contribution in [1.82, 2.24) is 0 Å². The second-order valence-electron chi connectivity index (χ2n) is 12.5. The van der Waals surface area contributed by atoms with E-state index in [1.54, 1.807) is 24.3 Å². The summed E-state index contributed by atoms with van der Waals surface area (Å²) in [7, 11) is 0. The van der Waals surface area contributed by atoms with Gasteiger partial charge in [-0.2, -0.15) is 0 Å². The Hall–Kier alpha value is -6.16. The van der Waals surface area contributed by atoms with Gasteiger partial charge in [0.25, 0.3) is 0 Å². The largest absolute Gasteiger partial charge is 0.493 e. The molecule has 0 aromatic heterocycles. The van der Waals surface area contributed by atoms with E-state index in [0.29, 0.717) is 61.5 Å². The van der Waals surface area contributed by atoms with Crippen LogP contribution in [0, 0.1) is 0 Å². The topological polar surface area (TPSA) is 124 Å². The van der Waals surface area contributed by atoms with E-state index in [2.05, 4.69) is 13.2 Å². The van der Waals surface area contributed by atoms with E-state index in [9.17, 15) is 19.2 Å². The minimum atomic E-state index is -0.543. The Morgan fingerprint density at radius 3 is 1.17 bits per heavy atom. The standard InChI is InChI=1S/C44H44O10/c1-3-41(45)51-29-7-27-49-37-23-19-33(20-24-37)31-11-15-35(16-12-31)43(47)53-39-9-5-6-10-40(39)54-44(48)36-17-13-32(14-18-36)34-21-25-38(26-22-34)50-28-8-30-52-42(46)4-2/h3-4,11-26,39-40H,1-2,5-10,27-30H2/t39-,40-/m1/s1. The molecule has 0 amide bonds. The molecule has 0 saturated heterocycles. The second kappa shape index (κ2) is 20.2. The van der Waals surface area contributed by atoms with Crippen molar-refractivity contribution in [3.8, 4) is 33.8 Å². The van der Waals surface area contributed by atoms with Gasteiger partial charge in [0.1, 0.15) is 23.7 Å². The van der Waals surface area contributed by atoms with Crippen molar-refractivity contribution >= 4 is 23.9 Å². The first-order valence-corrected chi connectivity index (χ1v) is 18.0. The van der Waals surface area contributed by atoms with Crippen LogP contribution < -0.4 is 9.47 Å². The second-order valence-corrected chi connectivity index (χ2v) is 12.5. The maximum absolute atomic E-state index is 13.2. The average molecular weight is 733 g/mol.